The normalized spacial score (nSPS) is 10.5. The third kappa shape index (κ3) is 3.61. The van der Waals surface area contributed by atoms with Crippen LogP contribution in [0.4, 0.5) is 10.1 Å². The second kappa shape index (κ2) is 6.26. The fourth-order valence-corrected chi connectivity index (χ4v) is 2.37. The van der Waals surface area contributed by atoms with E-state index < -0.39 is 11.8 Å². The summed E-state index contributed by atoms with van der Waals surface area (Å²) in [7, 11) is 0. The maximum Gasteiger partial charge on any atom is 0.338 e. The molecule has 0 radical (unpaired) electrons. The molecule has 0 saturated heterocycles. The number of benzene rings is 2. The van der Waals surface area contributed by atoms with Gasteiger partial charge in [-0.1, -0.05) is 22.0 Å². The standard InChI is InChI=1S/C16H15BrFNO2/c1-9-5-10(2)15(19)7-13(9)16(20)21-8-11-6-12(17)3-4-14(11)18/h3-7H,8,19H2,1-2H3. The van der Waals surface area contributed by atoms with Gasteiger partial charge in [-0.2, -0.15) is 0 Å². The first-order valence-electron chi connectivity index (χ1n) is 6.36. The lowest BCUT2D eigenvalue weighted by molar-refractivity contribution is 0.0468. The molecule has 2 N–H and O–H groups in total. The molecule has 5 heteroatoms. The van der Waals surface area contributed by atoms with E-state index >= 15 is 0 Å². The number of carbonyl (C=O) groups is 1. The van der Waals surface area contributed by atoms with Crippen molar-refractivity contribution in [3.8, 4) is 0 Å². The molecule has 2 aromatic carbocycles. The zero-order valence-corrected chi connectivity index (χ0v) is 13.3. The van der Waals surface area contributed by atoms with E-state index in [4.69, 9.17) is 10.5 Å². The van der Waals surface area contributed by atoms with E-state index in [2.05, 4.69) is 15.9 Å². The highest BCUT2D eigenvalue weighted by atomic mass is 79.9. The SMILES string of the molecule is Cc1cc(C)c(C(=O)OCc2cc(Br)ccc2F)cc1N. The molecule has 0 atom stereocenters. The summed E-state index contributed by atoms with van der Waals surface area (Å²) in [5.74, 6) is -0.926. The second-order valence-electron chi connectivity index (χ2n) is 4.84. The molecule has 0 unspecified atom stereocenters. The molecule has 0 aliphatic heterocycles. The molecule has 0 bridgehead atoms. The van der Waals surface area contributed by atoms with Gasteiger partial charge in [0.2, 0.25) is 0 Å². The van der Waals surface area contributed by atoms with E-state index in [0.717, 1.165) is 15.6 Å². The first kappa shape index (κ1) is 15.5. The fourth-order valence-electron chi connectivity index (χ4n) is 1.96. The van der Waals surface area contributed by atoms with Gasteiger partial charge in [-0.25, -0.2) is 9.18 Å². The summed E-state index contributed by atoms with van der Waals surface area (Å²) >= 11 is 3.25. The minimum Gasteiger partial charge on any atom is -0.457 e. The Balaban J connectivity index is 2.15. The molecule has 0 spiro atoms. The minimum atomic E-state index is -0.515. The van der Waals surface area contributed by atoms with Crippen LogP contribution in [0.2, 0.25) is 0 Å². The number of rotatable bonds is 3. The molecular formula is C16H15BrFNO2. The number of carbonyl (C=O) groups excluding carboxylic acids is 1. The Morgan fingerprint density at radius 2 is 1.95 bits per heavy atom. The molecular weight excluding hydrogens is 337 g/mol. The molecule has 0 fully saturated rings. The van der Waals surface area contributed by atoms with Crippen LogP contribution < -0.4 is 5.73 Å². The van der Waals surface area contributed by atoms with E-state index in [1.54, 1.807) is 18.2 Å². The fraction of sp³-hybridized carbons (Fsp3) is 0.188. The highest BCUT2D eigenvalue weighted by Gasteiger charge is 2.13. The zero-order chi connectivity index (χ0) is 15.6. The lowest BCUT2D eigenvalue weighted by atomic mass is 10.0. The smallest absolute Gasteiger partial charge is 0.338 e. The number of nitrogen functional groups attached to an aromatic ring is 1. The van der Waals surface area contributed by atoms with E-state index in [9.17, 15) is 9.18 Å². The average Bonchev–Trinajstić information content (AvgIpc) is 2.43. The van der Waals surface area contributed by atoms with Gasteiger partial charge in [0.05, 0.1) is 5.56 Å². The summed E-state index contributed by atoms with van der Waals surface area (Å²) in [5.41, 5.74) is 8.73. The third-order valence-corrected chi connectivity index (χ3v) is 3.69. The van der Waals surface area contributed by atoms with Crippen LogP contribution in [-0.4, -0.2) is 5.97 Å². The number of hydrogen-bond donors (Lipinski definition) is 1. The third-order valence-electron chi connectivity index (χ3n) is 3.20. The van der Waals surface area contributed by atoms with Gasteiger partial charge >= 0.3 is 5.97 Å². The first-order valence-corrected chi connectivity index (χ1v) is 7.15. The van der Waals surface area contributed by atoms with Gasteiger partial charge in [-0.05, 0) is 49.2 Å². The number of ether oxygens (including phenoxy) is 1. The van der Waals surface area contributed by atoms with E-state index in [1.807, 2.05) is 19.9 Å². The number of halogens is 2. The quantitative estimate of drug-likeness (QED) is 0.667. The van der Waals surface area contributed by atoms with Crippen LogP contribution in [0.15, 0.2) is 34.8 Å². The predicted octanol–water partition coefficient (Wildman–Crippen LogP) is 4.14. The number of nitrogens with two attached hydrogens (primary N) is 1. The molecule has 0 saturated carbocycles. The number of hydrogen-bond acceptors (Lipinski definition) is 3. The Labute approximate surface area is 131 Å². The molecule has 2 rings (SSSR count). The Kier molecular flexibility index (Phi) is 4.63. The van der Waals surface area contributed by atoms with Crippen molar-refractivity contribution in [3.05, 3.63) is 62.9 Å². The lowest BCUT2D eigenvalue weighted by Gasteiger charge is -2.10. The van der Waals surface area contributed by atoms with Crippen LogP contribution in [0.5, 0.6) is 0 Å². The summed E-state index contributed by atoms with van der Waals surface area (Å²) in [5, 5.41) is 0. The van der Waals surface area contributed by atoms with E-state index in [-0.39, 0.29) is 6.61 Å². The van der Waals surface area contributed by atoms with Crippen molar-refractivity contribution in [2.45, 2.75) is 20.5 Å². The summed E-state index contributed by atoms with van der Waals surface area (Å²) < 4.78 is 19.5. The van der Waals surface area contributed by atoms with Crippen LogP contribution >= 0.6 is 15.9 Å². The van der Waals surface area contributed by atoms with Crippen molar-refractivity contribution in [3.63, 3.8) is 0 Å². The molecule has 21 heavy (non-hydrogen) atoms. The van der Waals surface area contributed by atoms with Gasteiger partial charge in [-0.3, -0.25) is 0 Å². The van der Waals surface area contributed by atoms with Gasteiger partial charge in [0, 0.05) is 15.7 Å². The zero-order valence-electron chi connectivity index (χ0n) is 11.7. The van der Waals surface area contributed by atoms with Crippen molar-refractivity contribution in [1.82, 2.24) is 0 Å². The Hall–Kier alpha value is -1.88. The molecule has 0 aromatic heterocycles. The molecule has 0 aliphatic carbocycles. The van der Waals surface area contributed by atoms with Gasteiger partial charge in [0.25, 0.3) is 0 Å². The lowest BCUT2D eigenvalue weighted by Crippen LogP contribution is -2.09. The van der Waals surface area contributed by atoms with Crippen LogP contribution in [0, 0.1) is 19.7 Å². The van der Waals surface area contributed by atoms with Gasteiger partial charge in [-0.15, -0.1) is 0 Å². The largest absolute Gasteiger partial charge is 0.457 e. The van der Waals surface area contributed by atoms with Crippen LogP contribution in [-0.2, 0) is 11.3 Å². The van der Waals surface area contributed by atoms with Gasteiger partial charge in [0.1, 0.15) is 12.4 Å². The molecule has 2 aromatic rings. The molecule has 0 heterocycles. The summed E-state index contributed by atoms with van der Waals surface area (Å²) in [6, 6.07) is 7.91. The van der Waals surface area contributed by atoms with Crippen molar-refractivity contribution in [2.24, 2.45) is 0 Å². The first-order chi connectivity index (χ1) is 9.88. The van der Waals surface area contributed by atoms with Crippen molar-refractivity contribution >= 4 is 27.6 Å². The maximum atomic E-state index is 13.6. The number of anilines is 1. The van der Waals surface area contributed by atoms with Crippen LogP contribution in [0.3, 0.4) is 0 Å². The van der Waals surface area contributed by atoms with Crippen LogP contribution in [0.25, 0.3) is 0 Å². The summed E-state index contributed by atoms with van der Waals surface area (Å²) in [6.45, 7) is 3.55. The Morgan fingerprint density at radius 1 is 1.24 bits per heavy atom. The van der Waals surface area contributed by atoms with Gasteiger partial charge in [0.15, 0.2) is 0 Å². The maximum absolute atomic E-state index is 13.6. The minimum absolute atomic E-state index is 0.128. The summed E-state index contributed by atoms with van der Waals surface area (Å²) in [6.07, 6.45) is 0. The topological polar surface area (TPSA) is 52.3 Å². The van der Waals surface area contributed by atoms with Crippen LogP contribution in [0.1, 0.15) is 27.0 Å². The number of esters is 1. The van der Waals surface area contributed by atoms with E-state index in [0.29, 0.717) is 16.8 Å². The second-order valence-corrected chi connectivity index (χ2v) is 5.75. The molecule has 110 valence electrons. The molecule has 0 aliphatic rings. The molecule has 0 amide bonds. The predicted molar refractivity (Wildman–Crippen MR) is 83.5 cm³/mol. The number of aryl methyl sites for hydroxylation is 2. The van der Waals surface area contributed by atoms with Crippen molar-refractivity contribution < 1.29 is 13.9 Å². The highest BCUT2D eigenvalue weighted by Crippen LogP contribution is 2.20. The molecule has 3 nitrogen and oxygen atoms in total. The monoisotopic (exact) mass is 351 g/mol. The van der Waals surface area contributed by atoms with Crippen molar-refractivity contribution in [1.29, 1.82) is 0 Å². The van der Waals surface area contributed by atoms with Crippen molar-refractivity contribution in [2.75, 3.05) is 5.73 Å². The van der Waals surface area contributed by atoms with E-state index in [1.165, 1.54) is 6.07 Å². The average molecular weight is 352 g/mol. The van der Waals surface area contributed by atoms with Gasteiger partial charge < -0.3 is 10.5 Å². The Morgan fingerprint density at radius 3 is 2.67 bits per heavy atom. The highest BCUT2D eigenvalue weighted by molar-refractivity contribution is 9.10. The summed E-state index contributed by atoms with van der Waals surface area (Å²) in [4.78, 5) is 12.1. The Bertz CT molecular complexity index is 701.